The van der Waals surface area contributed by atoms with Crippen LogP contribution in [0.3, 0.4) is 0 Å². The Morgan fingerprint density at radius 1 is 1.17 bits per heavy atom. The summed E-state index contributed by atoms with van der Waals surface area (Å²) >= 11 is 0. The third-order valence-electron chi connectivity index (χ3n) is 4.29. The van der Waals surface area contributed by atoms with E-state index in [1.807, 2.05) is 0 Å². The first kappa shape index (κ1) is 16.4. The maximum Gasteiger partial charge on any atom is 0.252 e. The van der Waals surface area contributed by atoms with E-state index in [-0.39, 0.29) is 23.3 Å². The van der Waals surface area contributed by atoms with E-state index in [0.29, 0.717) is 5.56 Å². The standard InChI is InChI=1S/C18H20FN3O2/c19-15-4-1-13(2-5-15)12-22-9-7-16(8-10-22)21-18(24)14-3-6-17(23)20-11-14/h1-6,11,16H,7-10,12H2,(H,20,23)(H,21,24). The van der Waals surface area contributed by atoms with Gasteiger partial charge in [0, 0.05) is 37.9 Å². The van der Waals surface area contributed by atoms with Crippen molar-refractivity contribution in [3.8, 4) is 0 Å². The van der Waals surface area contributed by atoms with Crippen LogP contribution in [0.15, 0.2) is 47.4 Å². The molecule has 24 heavy (non-hydrogen) atoms. The number of halogens is 1. The molecule has 6 heteroatoms. The SMILES string of the molecule is O=C(NC1CCN(Cc2ccc(F)cc2)CC1)c1ccc(=O)[nH]c1. The Labute approximate surface area is 139 Å². The van der Waals surface area contributed by atoms with E-state index in [2.05, 4.69) is 15.2 Å². The third kappa shape index (κ3) is 4.29. The molecule has 1 aromatic heterocycles. The number of pyridine rings is 1. The first-order valence-electron chi connectivity index (χ1n) is 8.06. The number of nitrogens with one attached hydrogen (secondary N) is 2. The van der Waals surface area contributed by atoms with Crippen LogP contribution in [0.25, 0.3) is 0 Å². The van der Waals surface area contributed by atoms with Crippen LogP contribution in [0.5, 0.6) is 0 Å². The van der Waals surface area contributed by atoms with Crippen LogP contribution in [0.4, 0.5) is 4.39 Å². The molecule has 0 saturated carbocycles. The number of rotatable bonds is 4. The molecule has 0 radical (unpaired) electrons. The molecule has 0 spiro atoms. The quantitative estimate of drug-likeness (QED) is 0.900. The zero-order valence-electron chi connectivity index (χ0n) is 13.3. The molecule has 2 N–H and O–H groups in total. The minimum absolute atomic E-state index is 0.133. The zero-order valence-corrected chi connectivity index (χ0v) is 13.3. The van der Waals surface area contributed by atoms with E-state index in [1.165, 1.54) is 30.5 Å². The Bertz CT molecular complexity index is 729. The Hall–Kier alpha value is -2.47. The zero-order chi connectivity index (χ0) is 16.9. The maximum atomic E-state index is 12.9. The van der Waals surface area contributed by atoms with E-state index in [4.69, 9.17) is 0 Å². The number of aromatic nitrogens is 1. The van der Waals surface area contributed by atoms with Gasteiger partial charge >= 0.3 is 0 Å². The van der Waals surface area contributed by atoms with Crippen molar-refractivity contribution in [2.45, 2.75) is 25.4 Å². The summed E-state index contributed by atoms with van der Waals surface area (Å²) in [6.07, 6.45) is 3.17. The second kappa shape index (κ2) is 7.40. The van der Waals surface area contributed by atoms with Gasteiger partial charge in [0.05, 0.1) is 5.56 Å². The minimum atomic E-state index is -0.222. The van der Waals surface area contributed by atoms with E-state index >= 15 is 0 Å². The van der Waals surface area contributed by atoms with Crippen LogP contribution in [-0.4, -0.2) is 34.9 Å². The number of likely N-dealkylation sites (tertiary alicyclic amines) is 1. The van der Waals surface area contributed by atoms with Gasteiger partial charge in [0.15, 0.2) is 0 Å². The maximum absolute atomic E-state index is 12.9. The van der Waals surface area contributed by atoms with Gasteiger partial charge in [-0.3, -0.25) is 14.5 Å². The molecule has 2 aromatic rings. The van der Waals surface area contributed by atoms with Gasteiger partial charge in [-0.15, -0.1) is 0 Å². The van der Waals surface area contributed by atoms with Crippen LogP contribution < -0.4 is 10.9 Å². The van der Waals surface area contributed by atoms with Crippen LogP contribution >= 0.6 is 0 Å². The lowest BCUT2D eigenvalue weighted by Crippen LogP contribution is -2.44. The van der Waals surface area contributed by atoms with Gasteiger partial charge in [-0.05, 0) is 36.6 Å². The minimum Gasteiger partial charge on any atom is -0.349 e. The van der Waals surface area contributed by atoms with Crippen molar-refractivity contribution in [3.05, 3.63) is 69.9 Å². The molecule has 1 fully saturated rings. The van der Waals surface area contributed by atoms with Gasteiger partial charge in [-0.2, -0.15) is 0 Å². The van der Waals surface area contributed by atoms with Gasteiger partial charge in [-0.25, -0.2) is 4.39 Å². The molecule has 1 aliphatic heterocycles. The number of H-pyrrole nitrogens is 1. The molecule has 0 bridgehead atoms. The van der Waals surface area contributed by atoms with Crippen molar-refractivity contribution in [3.63, 3.8) is 0 Å². The number of hydrogen-bond acceptors (Lipinski definition) is 3. The van der Waals surface area contributed by atoms with Crippen molar-refractivity contribution < 1.29 is 9.18 Å². The Balaban J connectivity index is 1.48. The molecule has 1 aliphatic rings. The third-order valence-corrected chi connectivity index (χ3v) is 4.29. The van der Waals surface area contributed by atoms with Crippen molar-refractivity contribution in [2.24, 2.45) is 0 Å². The highest BCUT2D eigenvalue weighted by Gasteiger charge is 2.21. The predicted octanol–water partition coefficient (Wildman–Crippen LogP) is 1.91. The summed E-state index contributed by atoms with van der Waals surface area (Å²) in [6.45, 7) is 2.56. The number of nitrogens with zero attached hydrogens (tertiary/aromatic N) is 1. The molecule has 0 aliphatic carbocycles. The van der Waals surface area contributed by atoms with Crippen molar-refractivity contribution >= 4 is 5.91 Å². The summed E-state index contributed by atoms with van der Waals surface area (Å²) in [5.41, 5.74) is 1.33. The number of benzene rings is 1. The lowest BCUT2D eigenvalue weighted by atomic mass is 10.0. The van der Waals surface area contributed by atoms with Crippen LogP contribution in [0.1, 0.15) is 28.8 Å². The molecule has 2 heterocycles. The summed E-state index contributed by atoms with van der Waals surface area (Å²) in [7, 11) is 0. The van der Waals surface area contributed by atoms with Crippen LogP contribution in [0.2, 0.25) is 0 Å². The topological polar surface area (TPSA) is 65.2 Å². The van der Waals surface area contributed by atoms with Gasteiger partial charge in [0.1, 0.15) is 5.82 Å². The average molecular weight is 329 g/mol. The highest BCUT2D eigenvalue weighted by atomic mass is 19.1. The second-order valence-corrected chi connectivity index (χ2v) is 6.09. The molecule has 1 saturated heterocycles. The molecule has 1 aromatic carbocycles. The first-order chi connectivity index (χ1) is 11.6. The largest absolute Gasteiger partial charge is 0.349 e. The number of hydrogen-bond donors (Lipinski definition) is 2. The van der Waals surface area contributed by atoms with E-state index in [1.54, 1.807) is 12.1 Å². The number of amides is 1. The van der Waals surface area contributed by atoms with Crippen molar-refractivity contribution in [1.82, 2.24) is 15.2 Å². The summed E-state index contributed by atoms with van der Waals surface area (Å²) in [4.78, 5) is 28.0. The number of carbonyl (C=O) groups excluding carboxylic acids is 1. The van der Waals surface area contributed by atoms with Gasteiger partial charge in [0.2, 0.25) is 5.56 Å². The molecule has 0 unspecified atom stereocenters. The average Bonchev–Trinajstić information content (AvgIpc) is 2.59. The van der Waals surface area contributed by atoms with Gasteiger partial charge in [0.25, 0.3) is 5.91 Å². The van der Waals surface area contributed by atoms with E-state index in [9.17, 15) is 14.0 Å². The molecule has 0 atom stereocenters. The lowest BCUT2D eigenvalue weighted by molar-refractivity contribution is 0.0908. The molecular formula is C18H20FN3O2. The predicted molar refractivity (Wildman–Crippen MR) is 89.2 cm³/mol. The monoisotopic (exact) mass is 329 g/mol. The van der Waals surface area contributed by atoms with Crippen molar-refractivity contribution in [1.29, 1.82) is 0 Å². The van der Waals surface area contributed by atoms with Crippen LogP contribution in [-0.2, 0) is 6.54 Å². The first-order valence-corrected chi connectivity index (χ1v) is 8.06. The molecule has 5 nitrogen and oxygen atoms in total. The number of piperidine rings is 1. The van der Waals surface area contributed by atoms with Gasteiger partial charge < -0.3 is 10.3 Å². The number of carbonyl (C=O) groups is 1. The molecule has 126 valence electrons. The highest BCUT2D eigenvalue weighted by Crippen LogP contribution is 2.14. The second-order valence-electron chi connectivity index (χ2n) is 6.09. The molecule has 1 amide bonds. The molecule has 3 rings (SSSR count). The van der Waals surface area contributed by atoms with Crippen molar-refractivity contribution in [2.75, 3.05) is 13.1 Å². The lowest BCUT2D eigenvalue weighted by Gasteiger charge is -2.32. The Morgan fingerprint density at radius 2 is 1.88 bits per heavy atom. The summed E-state index contributed by atoms with van der Waals surface area (Å²) in [5.74, 6) is -0.384. The van der Waals surface area contributed by atoms with Gasteiger partial charge in [-0.1, -0.05) is 12.1 Å². The Morgan fingerprint density at radius 3 is 2.50 bits per heavy atom. The van der Waals surface area contributed by atoms with E-state index < -0.39 is 0 Å². The Kier molecular flexibility index (Phi) is 5.05. The summed E-state index contributed by atoms with van der Waals surface area (Å²) < 4.78 is 12.9. The highest BCUT2D eigenvalue weighted by molar-refractivity contribution is 5.93. The molecular weight excluding hydrogens is 309 g/mol. The number of aromatic amines is 1. The fraction of sp³-hybridized carbons (Fsp3) is 0.333. The fourth-order valence-corrected chi connectivity index (χ4v) is 2.90. The fourth-order valence-electron chi connectivity index (χ4n) is 2.90. The van der Waals surface area contributed by atoms with E-state index in [0.717, 1.165) is 38.0 Å². The summed E-state index contributed by atoms with van der Waals surface area (Å²) in [6, 6.07) is 9.57. The summed E-state index contributed by atoms with van der Waals surface area (Å²) in [5, 5.41) is 3.01. The normalized spacial score (nSPS) is 16.0. The van der Waals surface area contributed by atoms with Crippen LogP contribution in [0, 0.1) is 5.82 Å². The smallest absolute Gasteiger partial charge is 0.252 e.